The molecule has 4 nitrogen and oxygen atoms in total. The predicted molar refractivity (Wildman–Crippen MR) is 78.9 cm³/mol. The summed E-state index contributed by atoms with van der Waals surface area (Å²) < 4.78 is 12.9. The Kier molecular flexibility index (Phi) is 6.62. The zero-order valence-electron chi connectivity index (χ0n) is 12.0. The quantitative estimate of drug-likeness (QED) is 0.811. The molecule has 0 saturated carbocycles. The van der Waals surface area contributed by atoms with E-state index in [2.05, 4.69) is 5.32 Å². The van der Waals surface area contributed by atoms with Crippen LogP contribution in [0.5, 0.6) is 0 Å². The topological polar surface area (TPSA) is 66.4 Å². The number of hydrogen-bond donors (Lipinski definition) is 2. The van der Waals surface area contributed by atoms with Crippen molar-refractivity contribution < 1.29 is 19.1 Å². The normalized spacial score (nSPS) is 12.2. The first-order valence-corrected chi connectivity index (χ1v) is 7.12. The summed E-state index contributed by atoms with van der Waals surface area (Å²) in [5.74, 6) is -1.65. The second-order valence-corrected chi connectivity index (χ2v) is 5.83. The van der Waals surface area contributed by atoms with E-state index in [0.717, 1.165) is 12.1 Å². The maximum absolute atomic E-state index is 12.9. The van der Waals surface area contributed by atoms with Gasteiger partial charge in [-0.25, -0.2) is 4.39 Å². The van der Waals surface area contributed by atoms with Gasteiger partial charge in [-0.1, -0.05) is 25.4 Å². The van der Waals surface area contributed by atoms with Crippen LogP contribution in [0.4, 0.5) is 4.39 Å². The molecule has 0 fully saturated rings. The SMILES string of the molecule is CC(C)CC(CNC(=O)c1ccc(F)cc1Cl)CC(=O)O. The molecule has 0 aliphatic carbocycles. The minimum absolute atomic E-state index is 0.00436. The number of amides is 1. The number of carboxylic acid groups (broad SMARTS) is 1. The molecule has 0 bridgehead atoms. The number of carbonyl (C=O) groups is 2. The third-order valence-electron chi connectivity index (χ3n) is 3.00. The van der Waals surface area contributed by atoms with Crippen LogP contribution in [0.3, 0.4) is 0 Å². The average Bonchev–Trinajstić information content (AvgIpc) is 2.34. The van der Waals surface area contributed by atoms with Crippen LogP contribution in [-0.2, 0) is 4.79 Å². The van der Waals surface area contributed by atoms with Crippen molar-refractivity contribution in [3.05, 3.63) is 34.6 Å². The van der Waals surface area contributed by atoms with Gasteiger partial charge in [0.2, 0.25) is 0 Å². The third kappa shape index (κ3) is 6.12. The standard InChI is InChI=1S/C15H19ClFNO3/c1-9(2)5-10(6-14(19)20)8-18-15(21)12-4-3-11(17)7-13(12)16/h3-4,7,9-10H,5-6,8H2,1-2H3,(H,18,21)(H,19,20). The van der Waals surface area contributed by atoms with Gasteiger partial charge in [0.15, 0.2) is 0 Å². The molecule has 0 heterocycles. The number of rotatable bonds is 7. The highest BCUT2D eigenvalue weighted by molar-refractivity contribution is 6.33. The zero-order chi connectivity index (χ0) is 16.0. The fraction of sp³-hybridized carbons (Fsp3) is 0.467. The van der Waals surface area contributed by atoms with Gasteiger partial charge in [-0.2, -0.15) is 0 Å². The van der Waals surface area contributed by atoms with E-state index in [0.29, 0.717) is 12.3 Å². The fourth-order valence-electron chi connectivity index (χ4n) is 2.16. The summed E-state index contributed by atoms with van der Waals surface area (Å²) in [5, 5.41) is 11.6. The van der Waals surface area contributed by atoms with Crippen molar-refractivity contribution in [2.24, 2.45) is 11.8 Å². The first-order chi connectivity index (χ1) is 9.79. The van der Waals surface area contributed by atoms with Gasteiger partial charge in [0.05, 0.1) is 10.6 Å². The Labute approximate surface area is 128 Å². The molecule has 116 valence electrons. The molecule has 21 heavy (non-hydrogen) atoms. The Morgan fingerprint density at radius 2 is 2.05 bits per heavy atom. The number of carboxylic acids is 1. The molecule has 0 radical (unpaired) electrons. The Balaban J connectivity index is 2.65. The number of hydrogen-bond acceptors (Lipinski definition) is 2. The second kappa shape index (κ2) is 7.98. The Hall–Kier alpha value is -1.62. The van der Waals surface area contributed by atoms with E-state index >= 15 is 0 Å². The van der Waals surface area contributed by atoms with Gasteiger partial charge < -0.3 is 10.4 Å². The Morgan fingerprint density at radius 1 is 1.38 bits per heavy atom. The Bertz CT molecular complexity index is 520. The first-order valence-electron chi connectivity index (χ1n) is 6.74. The second-order valence-electron chi connectivity index (χ2n) is 5.43. The molecule has 1 unspecified atom stereocenters. The van der Waals surface area contributed by atoms with Crippen molar-refractivity contribution in [3.63, 3.8) is 0 Å². The molecule has 1 rings (SSSR count). The number of carbonyl (C=O) groups excluding carboxylic acids is 1. The number of halogens is 2. The molecule has 1 aromatic rings. The van der Waals surface area contributed by atoms with E-state index in [1.54, 1.807) is 0 Å². The molecule has 0 aliphatic heterocycles. The summed E-state index contributed by atoms with van der Waals surface area (Å²) in [4.78, 5) is 22.8. The summed E-state index contributed by atoms with van der Waals surface area (Å²) in [6.07, 6.45) is 0.694. The number of nitrogens with one attached hydrogen (secondary N) is 1. The van der Waals surface area contributed by atoms with Crippen LogP contribution in [0.1, 0.15) is 37.0 Å². The van der Waals surface area contributed by atoms with Crippen LogP contribution in [0.2, 0.25) is 5.02 Å². The van der Waals surface area contributed by atoms with Crippen LogP contribution in [0.15, 0.2) is 18.2 Å². The largest absolute Gasteiger partial charge is 0.481 e. The fourth-order valence-corrected chi connectivity index (χ4v) is 2.41. The van der Waals surface area contributed by atoms with Crippen molar-refractivity contribution in [3.8, 4) is 0 Å². The number of aliphatic carboxylic acids is 1. The highest BCUT2D eigenvalue weighted by atomic mass is 35.5. The van der Waals surface area contributed by atoms with Gasteiger partial charge in [0, 0.05) is 13.0 Å². The van der Waals surface area contributed by atoms with Gasteiger partial charge in [-0.3, -0.25) is 9.59 Å². The van der Waals surface area contributed by atoms with Crippen LogP contribution in [-0.4, -0.2) is 23.5 Å². The van der Waals surface area contributed by atoms with E-state index in [9.17, 15) is 14.0 Å². The van der Waals surface area contributed by atoms with Crippen LogP contribution >= 0.6 is 11.6 Å². The Morgan fingerprint density at radius 3 is 2.57 bits per heavy atom. The van der Waals surface area contributed by atoms with Gasteiger partial charge >= 0.3 is 5.97 Å². The van der Waals surface area contributed by atoms with Crippen molar-refractivity contribution in [2.75, 3.05) is 6.54 Å². The number of benzene rings is 1. The van der Waals surface area contributed by atoms with Gasteiger partial charge in [-0.05, 0) is 36.5 Å². The minimum atomic E-state index is -0.894. The zero-order valence-corrected chi connectivity index (χ0v) is 12.8. The summed E-state index contributed by atoms with van der Waals surface area (Å²) in [7, 11) is 0. The van der Waals surface area contributed by atoms with Crippen molar-refractivity contribution in [2.45, 2.75) is 26.7 Å². The van der Waals surface area contributed by atoms with E-state index in [1.165, 1.54) is 6.07 Å². The molecular formula is C15H19ClFNO3. The van der Waals surface area contributed by atoms with Crippen molar-refractivity contribution >= 4 is 23.5 Å². The lowest BCUT2D eigenvalue weighted by atomic mass is 9.94. The molecule has 2 N–H and O–H groups in total. The maximum atomic E-state index is 12.9. The van der Waals surface area contributed by atoms with Crippen molar-refractivity contribution in [1.29, 1.82) is 0 Å². The lowest BCUT2D eigenvalue weighted by Gasteiger charge is -2.18. The summed E-state index contributed by atoms with van der Waals surface area (Å²) in [6.45, 7) is 4.23. The minimum Gasteiger partial charge on any atom is -0.481 e. The van der Waals surface area contributed by atoms with E-state index in [1.807, 2.05) is 13.8 Å². The summed E-state index contributed by atoms with van der Waals surface area (Å²) in [6, 6.07) is 3.53. The third-order valence-corrected chi connectivity index (χ3v) is 3.31. The van der Waals surface area contributed by atoms with E-state index < -0.39 is 17.7 Å². The molecule has 1 aromatic carbocycles. The monoisotopic (exact) mass is 315 g/mol. The molecule has 0 aliphatic rings. The molecule has 0 aromatic heterocycles. The summed E-state index contributed by atoms with van der Waals surface area (Å²) in [5.41, 5.74) is 0.177. The molecular weight excluding hydrogens is 297 g/mol. The smallest absolute Gasteiger partial charge is 0.303 e. The lowest BCUT2D eigenvalue weighted by molar-refractivity contribution is -0.138. The van der Waals surface area contributed by atoms with Crippen LogP contribution in [0, 0.1) is 17.7 Å². The molecule has 0 spiro atoms. The van der Waals surface area contributed by atoms with Gasteiger partial charge in [-0.15, -0.1) is 0 Å². The first kappa shape index (κ1) is 17.4. The highest BCUT2D eigenvalue weighted by Crippen LogP contribution is 2.18. The molecule has 6 heteroatoms. The molecule has 0 saturated heterocycles. The average molecular weight is 316 g/mol. The highest BCUT2D eigenvalue weighted by Gasteiger charge is 2.17. The molecule has 1 amide bonds. The molecule has 1 atom stereocenters. The predicted octanol–water partition coefficient (Wildman–Crippen LogP) is 3.35. The van der Waals surface area contributed by atoms with Gasteiger partial charge in [0.1, 0.15) is 5.82 Å². The van der Waals surface area contributed by atoms with E-state index in [-0.39, 0.29) is 29.5 Å². The van der Waals surface area contributed by atoms with Crippen molar-refractivity contribution in [1.82, 2.24) is 5.32 Å². The lowest BCUT2D eigenvalue weighted by Crippen LogP contribution is -2.31. The summed E-state index contributed by atoms with van der Waals surface area (Å²) >= 11 is 5.81. The van der Waals surface area contributed by atoms with Crippen LogP contribution < -0.4 is 5.32 Å². The van der Waals surface area contributed by atoms with Crippen LogP contribution in [0.25, 0.3) is 0 Å². The van der Waals surface area contributed by atoms with Gasteiger partial charge in [0.25, 0.3) is 5.91 Å². The maximum Gasteiger partial charge on any atom is 0.303 e. The van der Waals surface area contributed by atoms with E-state index in [4.69, 9.17) is 16.7 Å².